The van der Waals surface area contributed by atoms with Crippen LogP contribution < -0.4 is 11.4 Å². The average Bonchev–Trinajstić information content (AvgIpc) is 2.09. The third-order valence-electron chi connectivity index (χ3n) is 1.35. The molecule has 0 aliphatic carbocycles. The van der Waals surface area contributed by atoms with E-state index in [1.165, 1.54) is 16.8 Å². The predicted octanol–water partition coefficient (Wildman–Crippen LogP) is -1.18. The third-order valence-corrected chi connectivity index (χ3v) is 1.35. The molecule has 0 aliphatic rings. The van der Waals surface area contributed by atoms with Gasteiger partial charge >= 0.3 is 5.69 Å². The second-order valence-corrected chi connectivity index (χ2v) is 2.27. The van der Waals surface area contributed by atoms with E-state index in [-0.39, 0.29) is 19.0 Å². The standard InChI is InChI=1S/C8H9N3O2/c9-7-3-5-11(8(13)10-7)4-1-2-6-12/h3,5,12H,4,6H2,(H2,9,10,13). The normalized spacial score (nSPS) is 9.00. The Morgan fingerprint density at radius 2 is 2.38 bits per heavy atom. The monoisotopic (exact) mass is 179 g/mol. The number of anilines is 1. The predicted molar refractivity (Wildman–Crippen MR) is 47.8 cm³/mol. The van der Waals surface area contributed by atoms with Crippen LogP contribution in [0, 0.1) is 11.8 Å². The van der Waals surface area contributed by atoms with Crippen molar-refractivity contribution in [3.05, 3.63) is 22.7 Å². The minimum Gasteiger partial charge on any atom is -0.384 e. The van der Waals surface area contributed by atoms with E-state index < -0.39 is 5.69 Å². The summed E-state index contributed by atoms with van der Waals surface area (Å²) in [6.07, 6.45) is 1.51. The van der Waals surface area contributed by atoms with Crippen molar-refractivity contribution in [3.8, 4) is 11.8 Å². The van der Waals surface area contributed by atoms with Crippen molar-refractivity contribution in [2.75, 3.05) is 12.3 Å². The van der Waals surface area contributed by atoms with Gasteiger partial charge in [-0.2, -0.15) is 4.98 Å². The van der Waals surface area contributed by atoms with Crippen molar-refractivity contribution in [2.24, 2.45) is 0 Å². The molecular weight excluding hydrogens is 170 g/mol. The molecule has 0 spiro atoms. The number of aliphatic hydroxyl groups is 1. The highest BCUT2D eigenvalue weighted by Gasteiger charge is 1.93. The molecule has 3 N–H and O–H groups in total. The molecule has 0 amide bonds. The summed E-state index contributed by atoms with van der Waals surface area (Å²) in [5.74, 6) is 5.21. The third kappa shape index (κ3) is 2.61. The molecule has 5 heteroatoms. The number of aliphatic hydroxyl groups excluding tert-OH is 1. The fourth-order valence-corrected chi connectivity index (χ4v) is 0.759. The minimum absolute atomic E-state index is 0.191. The number of nitrogens with two attached hydrogens (primary N) is 1. The molecule has 0 fully saturated rings. The highest BCUT2D eigenvalue weighted by Crippen LogP contribution is 1.88. The van der Waals surface area contributed by atoms with Crippen molar-refractivity contribution in [3.63, 3.8) is 0 Å². The van der Waals surface area contributed by atoms with Crippen molar-refractivity contribution in [2.45, 2.75) is 6.54 Å². The zero-order valence-corrected chi connectivity index (χ0v) is 6.90. The Bertz CT molecular complexity index is 400. The lowest BCUT2D eigenvalue weighted by Gasteiger charge is -1.98. The molecule has 0 atom stereocenters. The highest BCUT2D eigenvalue weighted by atomic mass is 16.2. The summed E-state index contributed by atoms with van der Waals surface area (Å²) in [5, 5.41) is 8.36. The van der Waals surface area contributed by atoms with Gasteiger partial charge in [0.15, 0.2) is 0 Å². The topological polar surface area (TPSA) is 81.1 Å². The largest absolute Gasteiger partial charge is 0.384 e. The van der Waals surface area contributed by atoms with Crippen LogP contribution >= 0.6 is 0 Å². The molecule has 68 valence electrons. The van der Waals surface area contributed by atoms with E-state index in [4.69, 9.17) is 10.8 Å². The molecular formula is C8H9N3O2. The van der Waals surface area contributed by atoms with Gasteiger partial charge in [0.1, 0.15) is 12.4 Å². The summed E-state index contributed by atoms with van der Waals surface area (Å²) in [7, 11) is 0. The molecule has 0 aliphatic heterocycles. The Hall–Kier alpha value is -1.80. The van der Waals surface area contributed by atoms with Gasteiger partial charge in [0, 0.05) is 6.20 Å². The molecule has 13 heavy (non-hydrogen) atoms. The van der Waals surface area contributed by atoms with Gasteiger partial charge in [0.05, 0.1) is 6.54 Å². The van der Waals surface area contributed by atoms with Crippen LogP contribution in [0.4, 0.5) is 5.82 Å². The van der Waals surface area contributed by atoms with Gasteiger partial charge in [0.25, 0.3) is 0 Å². The fraction of sp³-hybridized carbons (Fsp3) is 0.250. The van der Waals surface area contributed by atoms with Gasteiger partial charge in [0.2, 0.25) is 0 Å². The van der Waals surface area contributed by atoms with Crippen molar-refractivity contribution in [1.82, 2.24) is 9.55 Å². The van der Waals surface area contributed by atoms with E-state index in [0.29, 0.717) is 0 Å². The molecule has 0 aromatic carbocycles. The summed E-state index contributed by atoms with van der Waals surface area (Å²) in [4.78, 5) is 14.6. The molecule has 1 rings (SSSR count). The smallest absolute Gasteiger partial charge is 0.350 e. The quantitative estimate of drug-likeness (QED) is 0.532. The zero-order chi connectivity index (χ0) is 9.68. The van der Waals surface area contributed by atoms with Gasteiger partial charge in [-0.15, -0.1) is 0 Å². The van der Waals surface area contributed by atoms with Crippen LogP contribution in [0.3, 0.4) is 0 Å². The van der Waals surface area contributed by atoms with E-state index in [1.807, 2.05) is 0 Å². The van der Waals surface area contributed by atoms with Crippen molar-refractivity contribution >= 4 is 5.82 Å². The maximum atomic E-state index is 11.1. The number of nitrogens with zero attached hydrogens (tertiary/aromatic N) is 2. The summed E-state index contributed by atoms with van der Waals surface area (Å²) in [6, 6.07) is 1.52. The second kappa shape index (κ2) is 4.28. The average molecular weight is 179 g/mol. The lowest BCUT2D eigenvalue weighted by atomic mass is 10.5. The number of hydrogen-bond acceptors (Lipinski definition) is 4. The van der Waals surface area contributed by atoms with Crippen LogP contribution in [0.2, 0.25) is 0 Å². The first-order chi connectivity index (χ1) is 6.24. The van der Waals surface area contributed by atoms with Crippen LogP contribution in [-0.4, -0.2) is 21.3 Å². The van der Waals surface area contributed by atoms with Crippen LogP contribution in [0.1, 0.15) is 0 Å². The molecule has 0 unspecified atom stereocenters. The van der Waals surface area contributed by atoms with Crippen LogP contribution in [0.15, 0.2) is 17.1 Å². The Balaban J connectivity index is 2.84. The van der Waals surface area contributed by atoms with Gasteiger partial charge < -0.3 is 10.8 Å². The van der Waals surface area contributed by atoms with Gasteiger partial charge in [-0.1, -0.05) is 11.8 Å². The maximum absolute atomic E-state index is 11.1. The molecule has 1 aromatic rings. The van der Waals surface area contributed by atoms with Gasteiger partial charge in [-0.05, 0) is 6.07 Å². The molecule has 1 aromatic heterocycles. The Kier molecular flexibility index (Phi) is 3.06. The van der Waals surface area contributed by atoms with Crippen LogP contribution in [0.5, 0.6) is 0 Å². The van der Waals surface area contributed by atoms with E-state index in [0.717, 1.165) is 0 Å². The van der Waals surface area contributed by atoms with E-state index in [1.54, 1.807) is 0 Å². The van der Waals surface area contributed by atoms with Crippen LogP contribution in [0.25, 0.3) is 0 Å². The number of hydrogen-bond donors (Lipinski definition) is 2. The fourth-order valence-electron chi connectivity index (χ4n) is 0.759. The lowest BCUT2D eigenvalue weighted by molar-refractivity contribution is 0.350. The van der Waals surface area contributed by atoms with Crippen molar-refractivity contribution < 1.29 is 5.11 Å². The highest BCUT2D eigenvalue weighted by molar-refractivity contribution is 5.23. The minimum atomic E-state index is -0.438. The first-order valence-corrected chi connectivity index (χ1v) is 3.63. The summed E-state index contributed by atoms with van der Waals surface area (Å²) < 4.78 is 1.30. The number of nitrogen functional groups attached to an aromatic ring is 1. The van der Waals surface area contributed by atoms with E-state index >= 15 is 0 Å². The maximum Gasteiger partial charge on any atom is 0.350 e. The Morgan fingerprint density at radius 3 is 3.00 bits per heavy atom. The molecule has 0 radical (unpaired) electrons. The molecule has 5 nitrogen and oxygen atoms in total. The first-order valence-electron chi connectivity index (χ1n) is 3.63. The number of rotatable bonds is 1. The first kappa shape index (κ1) is 9.29. The van der Waals surface area contributed by atoms with E-state index in [9.17, 15) is 4.79 Å². The second-order valence-electron chi connectivity index (χ2n) is 2.27. The summed E-state index contributed by atoms with van der Waals surface area (Å²) >= 11 is 0. The molecule has 0 saturated heterocycles. The van der Waals surface area contributed by atoms with Crippen molar-refractivity contribution in [1.29, 1.82) is 0 Å². The zero-order valence-electron chi connectivity index (χ0n) is 6.90. The Morgan fingerprint density at radius 1 is 1.62 bits per heavy atom. The number of aromatic nitrogens is 2. The molecule has 1 heterocycles. The lowest BCUT2D eigenvalue weighted by Crippen LogP contribution is -2.22. The van der Waals surface area contributed by atoms with Crippen LogP contribution in [-0.2, 0) is 6.54 Å². The molecule has 0 saturated carbocycles. The molecule has 0 bridgehead atoms. The van der Waals surface area contributed by atoms with Gasteiger partial charge in [-0.3, -0.25) is 4.57 Å². The SMILES string of the molecule is Nc1ccn(CC#CCO)c(=O)n1. The summed E-state index contributed by atoms with van der Waals surface area (Å²) in [6.45, 7) is 0.00379. The summed E-state index contributed by atoms with van der Waals surface area (Å²) in [5.41, 5.74) is 4.84. The van der Waals surface area contributed by atoms with Gasteiger partial charge in [-0.25, -0.2) is 4.79 Å². The Labute approximate surface area is 74.8 Å². The van der Waals surface area contributed by atoms with E-state index in [2.05, 4.69) is 16.8 Å².